The Kier molecular flexibility index (Phi) is 5.27. The van der Waals surface area contributed by atoms with Crippen molar-refractivity contribution in [1.29, 1.82) is 0 Å². The van der Waals surface area contributed by atoms with Crippen molar-refractivity contribution in [3.8, 4) is 0 Å². The summed E-state index contributed by atoms with van der Waals surface area (Å²) in [7, 11) is 0. The number of nitro groups is 1. The Morgan fingerprint density at radius 2 is 2.10 bits per heavy atom. The maximum absolute atomic E-state index is 13.2. The van der Waals surface area contributed by atoms with E-state index in [-0.39, 0.29) is 11.6 Å². The largest absolute Gasteiger partial charge is 0.335 e. The van der Waals surface area contributed by atoms with E-state index in [2.05, 4.69) is 15.9 Å². The molecule has 1 saturated carbocycles. The molecule has 0 spiro atoms. The number of halogens is 2. The fourth-order valence-electron chi connectivity index (χ4n) is 2.75. The summed E-state index contributed by atoms with van der Waals surface area (Å²) >= 11 is 3.31. The standard InChI is InChI=1S/C14H16BrFN2O3/c15-7-8-17(11-3-1-2-4-11)14(19)12-6-5-10(16)9-13(12)18(20)21/h5-6,9,11H,1-4,7-8H2. The van der Waals surface area contributed by atoms with Gasteiger partial charge >= 0.3 is 0 Å². The molecule has 0 atom stereocenters. The lowest BCUT2D eigenvalue weighted by molar-refractivity contribution is -0.385. The first kappa shape index (κ1) is 15.9. The Labute approximate surface area is 130 Å². The van der Waals surface area contributed by atoms with Gasteiger partial charge in [0.25, 0.3) is 11.6 Å². The van der Waals surface area contributed by atoms with Gasteiger partial charge in [-0.05, 0) is 25.0 Å². The number of benzene rings is 1. The van der Waals surface area contributed by atoms with Gasteiger partial charge in [-0.25, -0.2) is 4.39 Å². The van der Waals surface area contributed by atoms with Gasteiger partial charge in [0.2, 0.25) is 0 Å². The van der Waals surface area contributed by atoms with E-state index in [0.717, 1.165) is 37.8 Å². The summed E-state index contributed by atoms with van der Waals surface area (Å²) in [5.74, 6) is -1.11. The average molecular weight is 359 g/mol. The molecule has 0 heterocycles. The smallest absolute Gasteiger partial charge is 0.285 e. The summed E-state index contributed by atoms with van der Waals surface area (Å²) in [5, 5.41) is 11.6. The molecule has 0 unspecified atom stereocenters. The number of rotatable bonds is 5. The molecule has 2 rings (SSSR count). The number of amides is 1. The van der Waals surface area contributed by atoms with Crippen molar-refractivity contribution in [2.24, 2.45) is 0 Å². The molecule has 1 aliphatic rings. The Morgan fingerprint density at radius 1 is 1.43 bits per heavy atom. The molecule has 0 aromatic heterocycles. The highest BCUT2D eigenvalue weighted by molar-refractivity contribution is 9.09. The Balaban J connectivity index is 2.34. The van der Waals surface area contributed by atoms with Gasteiger partial charge in [0.1, 0.15) is 11.4 Å². The summed E-state index contributed by atoms with van der Waals surface area (Å²) in [6.07, 6.45) is 3.94. The number of alkyl halides is 1. The highest BCUT2D eigenvalue weighted by Gasteiger charge is 2.31. The van der Waals surface area contributed by atoms with Gasteiger partial charge in [-0.2, -0.15) is 0 Å². The molecule has 0 radical (unpaired) electrons. The number of nitrogens with zero attached hydrogens (tertiary/aromatic N) is 2. The van der Waals surface area contributed by atoms with E-state index < -0.39 is 22.3 Å². The van der Waals surface area contributed by atoms with Crippen LogP contribution in [0.4, 0.5) is 10.1 Å². The fourth-order valence-corrected chi connectivity index (χ4v) is 3.13. The topological polar surface area (TPSA) is 63.4 Å². The van der Waals surface area contributed by atoms with E-state index in [1.165, 1.54) is 6.07 Å². The molecule has 0 saturated heterocycles. The molecule has 114 valence electrons. The predicted molar refractivity (Wildman–Crippen MR) is 80.1 cm³/mol. The maximum atomic E-state index is 13.2. The minimum Gasteiger partial charge on any atom is -0.335 e. The highest BCUT2D eigenvalue weighted by Crippen LogP contribution is 2.28. The van der Waals surface area contributed by atoms with E-state index >= 15 is 0 Å². The van der Waals surface area contributed by atoms with Crippen molar-refractivity contribution in [3.05, 3.63) is 39.7 Å². The molecule has 1 amide bonds. The molecule has 1 aromatic carbocycles. The van der Waals surface area contributed by atoms with Crippen LogP contribution in [0.3, 0.4) is 0 Å². The summed E-state index contributed by atoms with van der Waals surface area (Å²) in [4.78, 5) is 24.6. The van der Waals surface area contributed by atoms with Crippen molar-refractivity contribution < 1.29 is 14.1 Å². The quantitative estimate of drug-likeness (QED) is 0.459. The number of carbonyl (C=O) groups excluding carboxylic acids is 1. The van der Waals surface area contributed by atoms with Crippen LogP contribution in [0.15, 0.2) is 18.2 Å². The SMILES string of the molecule is O=C(c1ccc(F)cc1[N+](=O)[O-])N(CCBr)C1CCCC1. The third-order valence-corrected chi connectivity index (χ3v) is 4.09. The van der Waals surface area contributed by atoms with Gasteiger partial charge in [0.05, 0.1) is 11.0 Å². The number of carbonyl (C=O) groups is 1. The van der Waals surface area contributed by atoms with Crippen LogP contribution in [0.25, 0.3) is 0 Å². The maximum Gasteiger partial charge on any atom is 0.285 e. The van der Waals surface area contributed by atoms with Gasteiger partial charge in [-0.15, -0.1) is 0 Å². The minimum absolute atomic E-state index is 0.0470. The van der Waals surface area contributed by atoms with Crippen molar-refractivity contribution >= 4 is 27.5 Å². The van der Waals surface area contributed by atoms with Crippen LogP contribution in [0.5, 0.6) is 0 Å². The number of nitro benzene ring substituents is 1. The first-order valence-corrected chi connectivity index (χ1v) is 7.97. The third kappa shape index (κ3) is 3.58. The second-order valence-corrected chi connectivity index (χ2v) is 5.84. The molecule has 1 aliphatic carbocycles. The molecular weight excluding hydrogens is 343 g/mol. The van der Waals surface area contributed by atoms with Crippen LogP contribution in [0, 0.1) is 15.9 Å². The zero-order valence-corrected chi connectivity index (χ0v) is 13.0. The zero-order chi connectivity index (χ0) is 15.4. The summed E-state index contributed by atoms with van der Waals surface area (Å²) < 4.78 is 13.2. The minimum atomic E-state index is -0.717. The molecule has 1 aromatic rings. The van der Waals surface area contributed by atoms with Crippen LogP contribution in [-0.2, 0) is 0 Å². The molecule has 0 bridgehead atoms. The van der Waals surface area contributed by atoms with Crippen LogP contribution >= 0.6 is 15.9 Å². The average Bonchev–Trinajstić information content (AvgIpc) is 2.97. The van der Waals surface area contributed by atoms with Crippen LogP contribution < -0.4 is 0 Å². The lowest BCUT2D eigenvalue weighted by atomic mass is 10.1. The first-order chi connectivity index (χ1) is 10.0. The second kappa shape index (κ2) is 6.98. The number of hydrogen-bond donors (Lipinski definition) is 0. The van der Waals surface area contributed by atoms with E-state index in [0.29, 0.717) is 11.9 Å². The lowest BCUT2D eigenvalue weighted by Gasteiger charge is -2.28. The van der Waals surface area contributed by atoms with Gasteiger partial charge in [0, 0.05) is 17.9 Å². The van der Waals surface area contributed by atoms with E-state index in [1.807, 2.05) is 0 Å². The van der Waals surface area contributed by atoms with Gasteiger partial charge in [-0.3, -0.25) is 14.9 Å². The second-order valence-electron chi connectivity index (χ2n) is 5.04. The van der Waals surface area contributed by atoms with Gasteiger partial charge < -0.3 is 4.90 Å². The number of hydrogen-bond acceptors (Lipinski definition) is 3. The summed E-state index contributed by atoms with van der Waals surface area (Å²) in [6.45, 7) is 0.484. The Bertz CT molecular complexity index is 547. The van der Waals surface area contributed by atoms with Crippen LogP contribution in [-0.4, -0.2) is 33.6 Å². The molecule has 1 fully saturated rings. The molecule has 0 N–H and O–H groups in total. The predicted octanol–water partition coefficient (Wildman–Crippen LogP) is 3.51. The summed E-state index contributed by atoms with van der Waals surface area (Å²) in [5.41, 5.74) is -0.521. The van der Waals surface area contributed by atoms with E-state index in [1.54, 1.807) is 4.90 Å². The van der Waals surface area contributed by atoms with Crippen molar-refractivity contribution in [1.82, 2.24) is 4.90 Å². The zero-order valence-electron chi connectivity index (χ0n) is 11.4. The Morgan fingerprint density at radius 3 is 2.67 bits per heavy atom. The Hall–Kier alpha value is -1.50. The fraction of sp³-hybridized carbons (Fsp3) is 0.500. The monoisotopic (exact) mass is 358 g/mol. The highest BCUT2D eigenvalue weighted by atomic mass is 79.9. The molecule has 0 aliphatic heterocycles. The normalized spacial score (nSPS) is 15.1. The summed E-state index contributed by atoms with van der Waals surface area (Å²) in [6, 6.07) is 3.20. The molecule has 7 heteroatoms. The van der Waals surface area contributed by atoms with Crippen LogP contribution in [0.1, 0.15) is 36.0 Å². The van der Waals surface area contributed by atoms with Crippen molar-refractivity contribution in [2.45, 2.75) is 31.7 Å². The van der Waals surface area contributed by atoms with Crippen LogP contribution in [0.2, 0.25) is 0 Å². The van der Waals surface area contributed by atoms with Gasteiger partial charge in [0.15, 0.2) is 0 Å². The molecule has 21 heavy (non-hydrogen) atoms. The van der Waals surface area contributed by atoms with Crippen molar-refractivity contribution in [2.75, 3.05) is 11.9 Å². The van der Waals surface area contributed by atoms with E-state index in [4.69, 9.17) is 0 Å². The van der Waals surface area contributed by atoms with E-state index in [9.17, 15) is 19.3 Å². The lowest BCUT2D eigenvalue weighted by Crippen LogP contribution is -2.40. The van der Waals surface area contributed by atoms with Gasteiger partial charge in [-0.1, -0.05) is 28.8 Å². The third-order valence-electron chi connectivity index (χ3n) is 3.74. The molecule has 5 nitrogen and oxygen atoms in total. The van der Waals surface area contributed by atoms with Crippen molar-refractivity contribution in [3.63, 3.8) is 0 Å². The molecular formula is C14H16BrFN2O3. The first-order valence-electron chi connectivity index (χ1n) is 6.85.